The van der Waals surface area contributed by atoms with Crippen LogP contribution in [0.15, 0.2) is 34.9 Å². The van der Waals surface area contributed by atoms with E-state index in [1.165, 1.54) is 11.2 Å². The minimum atomic E-state index is -0.680. The highest BCUT2D eigenvalue weighted by molar-refractivity contribution is 6.72. The van der Waals surface area contributed by atoms with Gasteiger partial charge in [-0.25, -0.2) is 4.39 Å². The molecule has 1 aromatic rings. The highest BCUT2D eigenvalue weighted by Gasteiger charge is 2.29. The molecule has 3 rings (SSSR count). The van der Waals surface area contributed by atoms with Crippen LogP contribution in [0.4, 0.5) is 4.39 Å². The van der Waals surface area contributed by atoms with E-state index in [9.17, 15) is 9.18 Å². The van der Waals surface area contributed by atoms with E-state index in [0.29, 0.717) is 12.0 Å². The Morgan fingerprint density at radius 2 is 1.96 bits per heavy atom. The molecule has 0 fully saturated rings. The number of primary amides is 1. The third kappa shape index (κ3) is 2.89. The van der Waals surface area contributed by atoms with Gasteiger partial charge in [-0.1, -0.05) is 49.0 Å². The van der Waals surface area contributed by atoms with Gasteiger partial charge in [-0.15, -0.1) is 0 Å². The van der Waals surface area contributed by atoms with E-state index in [2.05, 4.69) is 26.9 Å². The topological polar surface area (TPSA) is 43.1 Å². The first-order chi connectivity index (χ1) is 11.7. The molecule has 0 saturated heterocycles. The zero-order chi connectivity index (χ0) is 18.5. The largest absolute Gasteiger partial charge is 0.366 e. The van der Waals surface area contributed by atoms with Gasteiger partial charge in [0.1, 0.15) is 5.82 Å². The van der Waals surface area contributed by atoms with Crippen molar-refractivity contribution in [3.05, 3.63) is 57.4 Å². The van der Waals surface area contributed by atoms with Gasteiger partial charge in [0.25, 0.3) is 0 Å². The van der Waals surface area contributed by atoms with Crippen molar-refractivity contribution in [3.63, 3.8) is 0 Å². The average Bonchev–Trinajstić information content (AvgIpc) is 2.90. The average molecular weight is 354 g/mol. The van der Waals surface area contributed by atoms with Crippen molar-refractivity contribution in [2.24, 2.45) is 11.7 Å². The summed E-state index contributed by atoms with van der Waals surface area (Å²) in [7, 11) is -0.680. The van der Waals surface area contributed by atoms with Crippen LogP contribution in [0.3, 0.4) is 0 Å². The Morgan fingerprint density at radius 3 is 2.56 bits per heavy atom. The molecule has 1 unspecified atom stereocenters. The number of allylic oxidation sites excluding steroid dienone is 3. The van der Waals surface area contributed by atoms with Gasteiger partial charge in [0, 0.05) is 14.0 Å². The van der Waals surface area contributed by atoms with Crippen molar-refractivity contribution < 1.29 is 9.18 Å². The molecule has 4 heteroatoms. The fourth-order valence-corrected chi connectivity index (χ4v) is 6.12. The maximum Gasteiger partial charge on any atom is 0.249 e. The van der Waals surface area contributed by atoms with Crippen molar-refractivity contribution >= 4 is 31.1 Å². The van der Waals surface area contributed by atoms with Crippen LogP contribution in [0.2, 0.25) is 13.1 Å². The molecule has 1 amide bonds. The van der Waals surface area contributed by atoms with E-state index in [0.717, 1.165) is 33.4 Å². The molecule has 2 N–H and O–H groups in total. The molecule has 1 atom stereocenters. The SMILES string of the molecule is CC1=Cc2c(C3=C(C)C(=[Si](C)C)C(C)C=C3C(N)=O)ccc(F)c2C1. The fourth-order valence-electron chi connectivity index (χ4n) is 4.25. The number of benzene rings is 1. The molecule has 0 bridgehead atoms. The maximum absolute atomic E-state index is 14.3. The van der Waals surface area contributed by atoms with E-state index in [4.69, 9.17) is 5.73 Å². The summed E-state index contributed by atoms with van der Waals surface area (Å²) >= 11 is 0. The van der Waals surface area contributed by atoms with E-state index >= 15 is 0 Å². The van der Waals surface area contributed by atoms with Gasteiger partial charge in [0.05, 0.1) is 0 Å². The van der Waals surface area contributed by atoms with Crippen LogP contribution in [0.1, 0.15) is 37.5 Å². The Hall–Kier alpha value is -2.07. The van der Waals surface area contributed by atoms with Crippen LogP contribution in [0, 0.1) is 11.7 Å². The van der Waals surface area contributed by atoms with Gasteiger partial charge in [-0.2, -0.15) is 0 Å². The lowest BCUT2D eigenvalue weighted by Gasteiger charge is -2.28. The Kier molecular flexibility index (Phi) is 4.50. The molecule has 2 aliphatic rings. The lowest BCUT2D eigenvalue weighted by atomic mass is 9.80. The molecular weight excluding hydrogens is 329 g/mol. The van der Waals surface area contributed by atoms with Crippen molar-refractivity contribution in [2.45, 2.75) is 40.3 Å². The summed E-state index contributed by atoms with van der Waals surface area (Å²) in [5.41, 5.74) is 12.0. The molecule has 0 heterocycles. The maximum atomic E-state index is 14.3. The van der Waals surface area contributed by atoms with Crippen molar-refractivity contribution in [3.8, 4) is 0 Å². The zero-order valence-corrected chi connectivity index (χ0v) is 16.5. The molecule has 1 aromatic carbocycles. The summed E-state index contributed by atoms with van der Waals surface area (Å²) in [4.78, 5) is 12.2. The Labute approximate surface area is 150 Å². The highest BCUT2D eigenvalue weighted by Crippen LogP contribution is 2.40. The fraction of sp³-hybridized carbons (Fsp3) is 0.333. The monoisotopic (exact) mass is 353 g/mol. The van der Waals surface area contributed by atoms with Gasteiger partial charge >= 0.3 is 0 Å². The number of amides is 1. The molecule has 0 saturated carbocycles. The van der Waals surface area contributed by atoms with Gasteiger partial charge in [-0.3, -0.25) is 4.79 Å². The highest BCUT2D eigenvalue weighted by atomic mass is 28.2. The van der Waals surface area contributed by atoms with Crippen molar-refractivity contribution in [2.75, 3.05) is 0 Å². The quantitative estimate of drug-likeness (QED) is 0.798. The number of carbonyl (C=O) groups excluding carboxylic acids is 1. The molecule has 0 aliphatic heterocycles. The summed E-state index contributed by atoms with van der Waals surface area (Å²) in [6, 6.07) is 3.31. The Morgan fingerprint density at radius 1 is 1.28 bits per heavy atom. The summed E-state index contributed by atoms with van der Waals surface area (Å²) in [6.45, 7) is 10.7. The van der Waals surface area contributed by atoms with E-state index in [-0.39, 0.29) is 11.7 Å². The lowest BCUT2D eigenvalue weighted by molar-refractivity contribution is -0.114. The molecule has 0 aromatic heterocycles. The minimum Gasteiger partial charge on any atom is -0.366 e. The Bertz CT molecular complexity index is 914. The number of fused-ring (bicyclic) bond motifs is 1. The third-order valence-electron chi connectivity index (χ3n) is 5.14. The molecule has 130 valence electrons. The van der Waals surface area contributed by atoms with Crippen LogP contribution in [0.25, 0.3) is 11.6 Å². The number of hydrogen-bond donors (Lipinski definition) is 1. The molecule has 2 nitrogen and oxygen atoms in total. The van der Waals surface area contributed by atoms with Crippen LogP contribution >= 0.6 is 0 Å². The summed E-state index contributed by atoms with van der Waals surface area (Å²) in [5.74, 6) is -0.391. The van der Waals surface area contributed by atoms with Crippen LogP contribution in [-0.4, -0.2) is 19.5 Å². The second-order valence-corrected chi connectivity index (χ2v) is 9.84. The van der Waals surface area contributed by atoms with E-state index in [1.807, 2.05) is 19.1 Å². The smallest absolute Gasteiger partial charge is 0.249 e. The number of hydrogen-bond acceptors (Lipinski definition) is 1. The van der Waals surface area contributed by atoms with Gasteiger partial charge in [0.2, 0.25) is 5.91 Å². The standard InChI is InChI=1S/C21H24FNOSi/c1-11-8-15-14(6-7-18(22)16(15)9-11)19-13(3)20(25(4)5)12(2)10-17(19)21(23)24/h6-8,10,12H,9H2,1-5H3,(H2,23,24). The van der Waals surface area contributed by atoms with E-state index < -0.39 is 14.3 Å². The zero-order valence-electron chi connectivity index (χ0n) is 15.5. The molecule has 25 heavy (non-hydrogen) atoms. The van der Waals surface area contributed by atoms with Crippen LogP contribution in [0.5, 0.6) is 0 Å². The van der Waals surface area contributed by atoms with Crippen molar-refractivity contribution in [1.29, 1.82) is 0 Å². The first kappa shape index (κ1) is 17.7. The van der Waals surface area contributed by atoms with Crippen LogP contribution < -0.4 is 5.73 Å². The van der Waals surface area contributed by atoms with Gasteiger partial charge < -0.3 is 5.73 Å². The minimum absolute atomic E-state index is 0.182. The van der Waals surface area contributed by atoms with Gasteiger partial charge in [-0.05, 0) is 60.1 Å². The number of halogens is 1. The molecular formula is C21H24FNOSi. The Balaban J connectivity index is 2.35. The second kappa shape index (κ2) is 6.34. The van der Waals surface area contributed by atoms with E-state index in [1.54, 1.807) is 6.07 Å². The van der Waals surface area contributed by atoms with Gasteiger partial charge in [0.15, 0.2) is 0 Å². The predicted octanol–water partition coefficient (Wildman–Crippen LogP) is 4.13. The second-order valence-electron chi connectivity index (χ2n) is 7.30. The number of rotatable bonds is 2. The number of nitrogens with two attached hydrogens (primary N) is 1. The first-order valence-electron chi connectivity index (χ1n) is 8.61. The van der Waals surface area contributed by atoms with Crippen LogP contribution in [-0.2, 0) is 11.2 Å². The lowest BCUT2D eigenvalue weighted by Crippen LogP contribution is -2.28. The molecule has 0 radical (unpaired) electrons. The number of carbonyl (C=O) groups is 1. The predicted molar refractivity (Wildman–Crippen MR) is 105 cm³/mol. The summed E-state index contributed by atoms with van der Waals surface area (Å²) in [6.07, 6.45) is 4.65. The summed E-state index contributed by atoms with van der Waals surface area (Å²) < 4.78 is 14.3. The summed E-state index contributed by atoms with van der Waals surface area (Å²) in [5, 5.41) is 1.40. The third-order valence-corrected chi connectivity index (χ3v) is 7.05. The van der Waals surface area contributed by atoms with Crippen molar-refractivity contribution in [1.82, 2.24) is 0 Å². The molecule has 0 spiro atoms. The normalized spacial score (nSPS) is 19.6. The first-order valence-corrected chi connectivity index (χ1v) is 11.1. The molecule has 2 aliphatic carbocycles.